The highest BCUT2D eigenvalue weighted by Gasteiger charge is 2.23. The number of hydrogen-bond acceptors (Lipinski definition) is 7. The van der Waals surface area contributed by atoms with Crippen LogP contribution in [0.5, 0.6) is 11.5 Å². The van der Waals surface area contributed by atoms with Crippen LogP contribution < -0.4 is 31.2 Å². The molecule has 0 aliphatic carbocycles. The van der Waals surface area contributed by atoms with E-state index in [9.17, 15) is 19.2 Å². The van der Waals surface area contributed by atoms with Crippen molar-refractivity contribution in [3.63, 3.8) is 0 Å². The Labute approximate surface area is 293 Å². The fourth-order valence-corrected chi connectivity index (χ4v) is 5.94. The van der Waals surface area contributed by atoms with Crippen LogP contribution in [-0.2, 0) is 9.59 Å². The molecule has 11 heteroatoms. The first-order valence-electron chi connectivity index (χ1n) is 15.4. The van der Waals surface area contributed by atoms with Crippen LogP contribution in [0.1, 0.15) is 37.1 Å². The number of hydrogen-bond donors (Lipinski definition) is 4. The van der Waals surface area contributed by atoms with Gasteiger partial charge in [-0.2, -0.15) is 0 Å². The van der Waals surface area contributed by atoms with E-state index >= 15 is 0 Å². The van der Waals surface area contributed by atoms with E-state index in [0.717, 1.165) is 5.56 Å². The van der Waals surface area contributed by atoms with E-state index in [-0.39, 0.29) is 11.6 Å². The van der Waals surface area contributed by atoms with Gasteiger partial charge in [0, 0.05) is 33.0 Å². The Morgan fingerprint density at radius 1 is 0.700 bits per heavy atom. The molecule has 1 unspecified atom stereocenters. The van der Waals surface area contributed by atoms with E-state index in [4.69, 9.17) is 15.2 Å². The lowest BCUT2D eigenvalue weighted by molar-refractivity contribution is -0.116. The number of thioether (sulfide) groups is 1. The summed E-state index contributed by atoms with van der Waals surface area (Å²) in [6, 6.07) is 36.3. The summed E-state index contributed by atoms with van der Waals surface area (Å²) in [4.78, 5) is 52.8. The number of nitrogens with one attached hydrogen (secondary N) is 3. The smallest absolute Gasteiger partial charge is 0.272 e. The van der Waals surface area contributed by atoms with Gasteiger partial charge in [0.1, 0.15) is 22.4 Å². The summed E-state index contributed by atoms with van der Waals surface area (Å²) in [7, 11) is 3.03. The fourth-order valence-electron chi connectivity index (χ4n) is 4.86. The SMILES string of the molecule is COc1ccc(OC)c(/C=C(/NC(=O)c2ccccc2)C(=O)Nc2cccc(SC(C(=O)Nc3ccc(C(N)=O)cc3)c3ccccc3)c2)c1. The van der Waals surface area contributed by atoms with Crippen molar-refractivity contribution in [3.05, 3.63) is 155 Å². The minimum Gasteiger partial charge on any atom is -0.497 e. The average molecular weight is 687 g/mol. The molecule has 0 heterocycles. The normalized spacial score (nSPS) is 11.5. The van der Waals surface area contributed by atoms with Gasteiger partial charge in [0.25, 0.3) is 11.8 Å². The fraction of sp³-hybridized carbons (Fsp3) is 0.0769. The maximum Gasteiger partial charge on any atom is 0.272 e. The molecular weight excluding hydrogens is 653 g/mol. The Balaban J connectivity index is 1.40. The molecule has 5 rings (SSSR count). The molecule has 4 amide bonds. The molecule has 252 valence electrons. The number of anilines is 2. The molecule has 1 atom stereocenters. The summed E-state index contributed by atoms with van der Waals surface area (Å²) < 4.78 is 10.9. The standard InChI is InChI=1S/C39H34N4O6S/c1-48-31-20-21-34(49-2)28(22-31)23-33(43-37(45)27-12-7-4-8-13-27)38(46)42-30-14-9-15-32(24-30)50-35(25-10-5-3-6-11-25)39(47)41-29-18-16-26(17-19-29)36(40)44/h3-24,35H,1-2H3,(H2,40,44)(H,41,47)(H,42,46)(H,43,45)/b33-23+. The Hall–Kier alpha value is -6.33. The molecule has 0 fully saturated rings. The van der Waals surface area contributed by atoms with Crippen molar-refractivity contribution in [2.45, 2.75) is 10.1 Å². The number of primary amides is 1. The maximum absolute atomic E-state index is 13.8. The van der Waals surface area contributed by atoms with Gasteiger partial charge in [-0.05, 0) is 84.4 Å². The van der Waals surface area contributed by atoms with Crippen molar-refractivity contribution in [3.8, 4) is 11.5 Å². The minimum atomic E-state index is -0.667. The van der Waals surface area contributed by atoms with E-state index in [1.807, 2.05) is 36.4 Å². The highest BCUT2D eigenvalue weighted by Crippen LogP contribution is 2.37. The summed E-state index contributed by atoms with van der Waals surface area (Å²) in [5.74, 6) is -0.900. The van der Waals surface area contributed by atoms with E-state index in [1.54, 1.807) is 91.0 Å². The van der Waals surface area contributed by atoms with Gasteiger partial charge in [0.05, 0.1) is 14.2 Å². The average Bonchev–Trinajstić information content (AvgIpc) is 3.14. The molecule has 0 bridgehead atoms. The van der Waals surface area contributed by atoms with Gasteiger partial charge in [0.2, 0.25) is 11.8 Å². The van der Waals surface area contributed by atoms with Crippen molar-refractivity contribution in [2.75, 3.05) is 24.9 Å². The minimum absolute atomic E-state index is 0.0349. The monoisotopic (exact) mass is 686 g/mol. The van der Waals surface area contributed by atoms with Gasteiger partial charge in [-0.15, -0.1) is 11.8 Å². The van der Waals surface area contributed by atoms with E-state index in [0.29, 0.717) is 44.5 Å². The first-order valence-corrected chi connectivity index (χ1v) is 16.3. The van der Waals surface area contributed by atoms with Gasteiger partial charge in [-0.1, -0.05) is 54.6 Å². The van der Waals surface area contributed by atoms with Crippen molar-refractivity contribution < 1.29 is 28.7 Å². The van der Waals surface area contributed by atoms with Gasteiger partial charge < -0.3 is 31.2 Å². The first kappa shape index (κ1) is 35.0. The lowest BCUT2D eigenvalue weighted by Gasteiger charge is -2.18. The molecule has 0 radical (unpaired) electrons. The molecule has 0 aliphatic rings. The second-order valence-electron chi connectivity index (χ2n) is 10.8. The third-order valence-electron chi connectivity index (χ3n) is 7.39. The number of carbonyl (C=O) groups excluding carboxylic acids is 4. The Bertz CT molecular complexity index is 2020. The molecule has 0 saturated heterocycles. The summed E-state index contributed by atoms with van der Waals surface area (Å²) in [5.41, 5.74) is 8.23. The Kier molecular flexibility index (Phi) is 11.7. The van der Waals surface area contributed by atoms with E-state index in [2.05, 4.69) is 16.0 Å². The topological polar surface area (TPSA) is 149 Å². The molecule has 0 saturated carbocycles. The van der Waals surface area contributed by atoms with Gasteiger partial charge in [-0.25, -0.2) is 0 Å². The molecule has 5 aromatic carbocycles. The number of methoxy groups -OCH3 is 2. The molecule has 5 N–H and O–H groups in total. The Morgan fingerprint density at radius 3 is 2.06 bits per heavy atom. The zero-order valence-corrected chi connectivity index (χ0v) is 28.0. The van der Waals surface area contributed by atoms with Crippen LogP contribution in [0.4, 0.5) is 11.4 Å². The summed E-state index contributed by atoms with van der Waals surface area (Å²) in [6.45, 7) is 0. The molecule has 10 nitrogen and oxygen atoms in total. The predicted molar refractivity (Wildman–Crippen MR) is 195 cm³/mol. The third kappa shape index (κ3) is 9.18. The van der Waals surface area contributed by atoms with Crippen molar-refractivity contribution in [1.82, 2.24) is 5.32 Å². The van der Waals surface area contributed by atoms with Crippen LogP contribution >= 0.6 is 11.8 Å². The third-order valence-corrected chi connectivity index (χ3v) is 8.64. The van der Waals surface area contributed by atoms with Crippen molar-refractivity contribution in [1.29, 1.82) is 0 Å². The number of benzene rings is 5. The summed E-state index contributed by atoms with van der Waals surface area (Å²) >= 11 is 1.29. The second-order valence-corrected chi connectivity index (χ2v) is 12.0. The summed E-state index contributed by atoms with van der Waals surface area (Å²) in [5, 5.41) is 7.86. The molecular formula is C39H34N4O6S. The van der Waals surface area contributed by atoms with Gasteiger partial charge in [-0.3, -0.25) is 19.2 Å². The number of rotatable bonds is 13. The number of ether oxygens (including phenoxy) is 2. The summed E-state index contributed by atoms with van der Waals surface area (Å²) in [6.07, 6.45) is 1.52. The Morgan fingerprint density at radius 2 is 1.40 bits per heavy atom. The molecule has 0 aromatic heterocycles. The molecule has 0 aliphatic heterocycles. The number of amides is 4. The number of nitrogens with two attached hydrogens (primary N) is 1. The molecule has 50 heavy (non-hydrogen) atoms. The van der Waals surface area contributed by atoms with Crippen LogP contribution in [0.25, 0.3) is 6.08 Å². The second kappa shape index (κ2) is 16.7. The van der Waals surface area contributed by atoms with Crippen LogP contribution in [0.15, 0.2) is 138 Å². The zero-order valence-electron chi connectivity index (χ0n) is 27.2. The van der Waals surface area contributed by atoms with Crippen molar-refractivity contribution >= 4 is 52.8 Å². The number of carbonyl (C=O) groups is 4. The van der Waals surface area contributed by atoms with E-state index in [1.165, 1.54) is 32.1 Å². The van der Waals surface area contributed by atoms with Crippen LogP contribution in [0.3, 0.4) is 0 Å². The van der Waals surface area contributed by atoms with Gasteiger partial charge in [0.15, 0.2) is 0 Å². The van der Waals surface area contributed by atoms with Crippen molar-refractivity contribution in [2.24, 2.45) is 5.73 Å². The van der Waals surface area contributed by atoms with Crippen LogP contribution in [-0.4, -0.2) is 37.8 Å². The largest absolute Gasteiger partial charge is 0.497 e. The van der Waals surface area contributed by atoms with Gasteiger partial charge >= 0.3 is 0 Å². The highest BCUT2D eigenvalue weighted by atomic mass is 32.2. The highest BCUT2D eigenvalue weighted by molar-refractivity contribution is 8.00. The predicted octanol–water partition coefficient (Wildman–Crippen LogP) is 6.68. The van der Waals surface area contributed by atoms with Crippen LogP contribution in [0, 0.1) is 0 Å². The quantitative estimate of drug-likeness (QED) is 0.0797. The zero-order chi connectivity index (χ0) is 35.5. The first-order chi connectivity index (χ1) is 24.2. The molecule has 0 spiro atoms. The lowest BCUT2D eigenvalue weighted by atomic mass is 10.1. The molecule has 5 aromatic rings. The van der Waals surface area contributed by atoms with Crippen LogP contribution in [0.2, 0.25) is 0 Å². The lowest BCUT2D eigenvalue weighted by Crippen LogP contribution is -2.30. The van der Waals surface area contributed by atoms with E-state index < -0.39 is 23.0 Å². The maximum atomic E-state index is 13.8.